The summed E-state index contributed by atoms with van der Waals surface area (Å²) in [7, 11) is 1.41. The number of carbonyl (C=O) groups is 1. The van der Waals surface area contributed by atoms with Gasteiger partial charge in [-0.15, -0.1) is 11.6 Å². The lowest BCUT2D eigenvalue weighted by molar-refractivity contribution is -0.150. The summed E-state index contributed by atoms with van der Waals surface area (Å²) in [6.07, 6.45) is -1.15. The minimum Gasteiger partial charge on any atom is -0.504 e. The second-order valence-electron chi connectivity index (χ2n) is 3.21. The van der Waals surface area contributed by atoms with Gasteiger partial charge in [-0.05, 0) is 17.7 Å². The smallest absolute Gasteiger partial charge is 0.337 e. The van der Waals surface area contributed by atoms with E-state index in [2.05, 4.69) is 0 Å². The van der Waals surface area contributed by atoms with Crippen molar-refractivity contribution in [2.75, 3.05) is 19.6 Å². The van der Waals surface area contributed by atoms with Gasteiger partial charge in [0.1, 0.15) is 0 Å². The van der Waals surface area contributed by atoms with Gasteiger partial charge in [0, 0.05) is 5.88 Å². The Balaban J connectivity index is 2.94. The Morgan fingerprint density at radius 3 is 2.71 bits per heavy atom. The van der Waals surface area contributed by atoms with Crippen LogP contribution in [-0.2, 0) is 9.53 Å². The van der Waals surface area contributed by atoms with Gasteiger partial charge in [-0.25, -0.2) is 4.79 Å². The molecule has 1 unspecified atom stereocenters. The zero-order valence-electron chi connectivity index (χ0n) is 9.22. The molecular formula is C11H13ClO5. The van der Waals surface area contributed by atoms with Gasteiger partial charge in [-0.1, -0.05) is 6.07 Å². The number of phenols is 1. The van der Waals surface area contributed by atoms with Crippen molar-refractivity contribution < 1.29 is 24.5 Å². The van der Waals surface area contributed by atoms with E-state index in [9.17, 15) is 9.90 Å². The highest BCUT2D eigenvalue weighted by atomic mass is 35.5. The Morgan fingerprint density at radius 1 is 1.53 bits per heavy atom. The summed E-state index contributed by atoms with van der Waals surface area (Å²) in [6.45, 7) is 0.116. The number of carboxylic acids is 1. The van der Waals surface area contributed by atoms with Crippen LogP contribution in [0, 0.1) is 0 Å². The number of rotatable bonds is 6. The molecule has 0 aliphatic rings. The van der Waals surface area contributed by atoms with Gasteiger partial charge in [0.05, 0.1) is 13.7 Å². The van der Waals surface area contributed by atoms with E-state index in [-0.39, 0.29) is 24.0 Å². The lowest BCUT2D eigenvalue weighted by atomic mass is 10.1. The van der Waals surface area contributed by atoms with Crippen LogP contribution in [0.1, 0.15) is 11.7 Å². The lowest BCUT2D eigenvalue weighted by Gasteiger charge is -2.14. The molecule has 0 saturated heterocycles. The molecule has 1 atom stereocenters. The van der Waals surface area contributed by atoms with Gasteiger partial charge in [0.25, 0.3) is 0 Å². The molecule has 17 heavy (non-hydrogen) atoms. The van der Waals surface area contributed by atoms with Gasteiger partial charge >= 0.3 is 5.97 Å². The zero-order valence-corrected chi connectivity index (χ0v) is 9.98. The Morgan fingerprint density at radius 2 is 2.24 bits per heavy atom. The van der Waals surface area contributed by atoms with Crippen LogP contribution < -0.4 is 4.74 Å². The zero-order chi connectivity index (χ0) is 12.8. The first-order valence-corrected chi connectivity index (χ1v) is 5.41. The van der Waals surface area contributed by atoms with E-state index < -0.39 is 12.1 Å². The van der Waals surface area contributed by atoms with Crippen LogP contribution in [0.2, 0.25) is 0 Å². The summed E-state index contributed by atoms with van der Waals surface area (Å²) in [5.41, 5.74) is 0.334. The molecule has 0 aliphatic carbocycles. The van der Waals surface area contributed by atoms with Gasteiger partial charge in [-0.2, -0.15) is 0 Å². The van der Waals surface area contributed by atoms with Crippen molar-refractivity contribution in [3.05, 3.63) is 23.8 Å². The number of aliphatic carboxylic acids is 1. The number of methoxy groups -OCH3 is 1. The fraction of sp³-hybridized carbons (Fsp3) is 0.364. The Kier molecular flexibility index (Phi) is 5.06. The van der Waals surface area contributed by atoms with Crippen LogP contribution in [0.3, 0.4) is 0 Å². The van der Waals surface area contributed by atoms with Crippen molar-refractivity contribution in [2.24, 2.45) is 0 Å². The summed E-state index contributed by atoms with van der Waals surface area (Å²) in [5.74, 6) is -0.799. The molecule has 0 spiro atoms. The van der Waals surface area contributed by atoms with Crippen LogP contribution in [0.5, 0.6) is 11.5 Å². The first-order valence-electron chi connectivity index (χ1n) is 4.87. The van der Waals surface area contributed by atoms with Crippen molar-refractivity contribution >= 4 is 17.6 Å². The Hall–Kier alpha value is -1.46. The molecule has 0 saturated carbocycles. The molecule has 1 rings (SSSR count). The van der Waals surface area contributed by atoms with Crippen molar-refractivity contribution in [1.29, 1.82) is 0 Å². The molecule has 0 fully saturated rings. The molecule has 0 aromatic heterocycles. The van der Waals surface area contributed by atoms with E-state index in [0.29, 0.717) is 5.56 Å². The van der Waals surface area contributed by atoms with Gasteiger partial charge in [0.15, 0.2) is 17.6 Å². The molecule has 1 aromatic carbocycles. The number of aromatic hydroxyl groups is 1. The third kappa shape index (κ3) is 3.51. The van der Waals surface area contributed by atoms with E-state index in [1.807, 2.05) is 0 Å². The number of hydrogen-bond donors (Lipinski definition) is 2. The minimum absolute atomic E-state index is 0.116. The molecule has 0 heterocycles. The highest BCUT2D eigenvalue weighted by Gasteiger charge is 2.21. The standard InChI is InChI=1S/C11H13ClO5/c1-16-9-3-2-7(6-8(9)13)10(11(14)15)17-5-4-12/h2-3,6,10,13H,4-5H2,1H3,(H,14,15). The summed E-state index contributed by atoms with van der Waals surface area (Å²) in [5, 5.41) is 18.5. The highest BCUT2D eigenvalue weighted by Crippen LogP contribution is 2.30. The highest BCUT2D eigenvalue weighted by molar-refractivity contribution is 6.17. The average molecular weight is 261 g/mol. The number of halogens is 1. The molecule has 0 bridgehead atoms. The van der Waals surface area contributed by atoms with Crippen LogP contribution in [0.15, 0.2) is 18.2 Å². The number of hydrogen-bond acceptors (Lipinski definition) is 4. The van der Waals surface area contributed by atoms with E-state index >= 15 is 0 Å². The Bertz CT molecular complexity index is 393. The van der Waals surface area contributed by atoms with Crippen LogP contribution >= 0.6 is 11.6 Å². The van der Waals surface area contributed by atoms with E-state index in [4.69, 9.17) is 26.2 Å². The van der Waals surface area contributed by atoms with Crippen molar-refractivity contribution in [3.8, 4) is 11.5 Å². The summed E-state index contributed by atoms with van der Waals surface area (Å²) in [6, 6.07) is 4.29. The number of alkyl halides is 1. The third-order valence-corrected chi connectivity index (χ3v) is 2.25. The van der Waals surface area contributed by atoms with E-state index in [0.717, 1.165) is 0 Å². The average Bonchev–Trinajstić information content (AvgIpc) is 2.29. The molecule has 5 nitrogen and oxygen atoms in total. The quantitative estimate of drug-likeness (QED) is 0.763. The van der Waals surface area contributed by atoms with Crippen molar-refractivity contribution in [2.45, 2.75) is 6.10 Å². The van der Waals surface area contributed by atoms with Gasteiger partial charge < -0.3 is 19.7 Å². The lowest BCUT2D eigenvalue weighted by Crippen LogP contribution is -2.16. The maximum Gasteiger partial charge on any atom is 0.337 e. The van der Waals surface area contributed by atoms with E-state index in [1.54, 1.807) is 0 Å². The fourth-order valence-electron chi connectivity index (χ4n) is 1.34. The third-order valence-electron chi connectivity index (χ3n) is 2.09. The molecule has 1 aromatic rings. The first-order chi connectivity index (χ1) is 8.10. The van der Waals surface area contributed by atoms with Crippen molar-refractivity contribution in [3.63, 3.8) is 0 Å². The number of benzene rings is 1. The summed E-state index contributed by atoms with van der Waals surface area (Å²) in [4.78, 5) is 11.0. The summed E-state index contributed by atoms with van der Waals surface area (Å²) < 4.78 is 9.95. The molecule has 6 heteroatoms. The van der Waals surface area contributed by atoms with Crippen molar-refractivity contribution in [1.82, 2.24) is 0 Å². The second-order valence-corrected chi connectivity index (χ2v) is 3.59. The first kappa shape index (κ1) is 13.6. The molecule has 0 aliphatic heterocycles. The maximum atomic E-state index is 11.0. The SMILES string of the molecule is COc1ccc(C(OCCCl)C(=O)O)cc1O. The second kappa shape index (κ2) is 6.32. The molecule has 0 radical (unpaired) electrons. The molecular weight excluding hydrogens is 248 g/mol. The predicted molar refractivity (Wildman–Crippen MR) is 61.7 cm³/mol. The number of phenolic OH excluding ortho intramolecular Hbond substituents is 1. The van der Waals surface area contributed by atoms with Crippen LogP contribution in [0.4, 0.5) is 0 Å². The monoisotopic (exact) mass is 260 g/mol. The topological polar surface area (TPSA) is 76.0 Å². The Labute approximate surface area is 104 Å². The van der Waals surface area contributed by atoms with Gasteiger partial charge in [-0.3, -0.25) is 0 Å². The largest absolute Gasteiger partial charge is 0.504 e. The van der Waals surface area contributed by atoms with Crippen LogP contribution in [0.25, 0.3) is 0 Å². The normalized spacial score (nSPS) is 12.1. The minimum atomic E-state index is -1.15. The number of carboxylic acid groups (broad SMARTS) is 1. The molecule has 0 amide bonds. The molecule has 94 valence electrons. The fourth-order valence-corrected chi connectivity index (χ4v) is 1.43. The van der Waals surface area contributed by atoms with Crippen LogP contribution in [-0.4, -0.2) is 35.8 Å². The van der Waals surface area contributed by atoms with Gasteiger partial charge in [0.2, 0.25) is 0 Å². The van der Waals surface area contributed by atoms with E-state index in [1.165, 1.54) is 25.3 Å². The predicted octanol–water partition coefficient (Wildman–Crippen LogP) is 1.78. The number of ether oxygens (including phenoxy) is 2. The molecule has 2 N–H and O–H groups in total. The maximum absolute atomic E-state index is 11.0. The summed E-state index contributed by atoms with van der Waals surface area (Å²) >= 11 is 5.43.